The monoisotopic (exact) mass is 481 g/mol. The first kappa shape index (κ1) is 21.7. The molecule has 4 bridgehead atoms. The van der Waals surface area contributed by atoms with Crippen LogP contribution in [0.1, 0.15) is 44.1 Å². The fraction of sp³-hybridized carbons (Fsp3) is 0.480. The average molecular weight is 482 g/mol. The zero-order chi connectivity index (χ0) is 23.3. The van der Waals surface area contributed by atoms with Crippen molar-refractivity contribution < 1.29 is 13.6 Å². The highest BCUT2D eigenvalue weighted by Gasteiger charge is 2.54. The Morgan fingerprint density at radius 2 is 1.79 bits per heavy atom. The highest BCUT2D eigenvalue weighted by Crippen LogP contribution is 2.58. The van der Waals surface area contributed by atoms with Gasteiger partial charge in [0, 0.05) is 12.1 Å². The van der Waals surface area contributed by atoms with Crippen molar-refractivity contribution in [2.75, 3.05) is 11.6 Å². The Bertz CT molecular complexity index is 1140. The lowest BCUT2D eigenvalue weighted by Crippen LogP contribution is -2.61. The van der Waals surface area contributed by atoms with E-state index in [4.69, 9.17) is 10.3 Å². The van der Waals surface area contributed by atoms with Crippen molar-refractivity contribution >= 4 is 17.7 Å². The number of nitrogens with zero attached hydrogens (tertiary/aromatic N) is 4. The molecule has 9 heteroatoms. The van der Waals surface area contributed by atoms with Crippen LogP contribution in [0.3, 0.4) is 0 Å². The van der Waals surface area contributed by atoms with Crippen molar-refractivity contribution in [3.63, 3.8) is 0 Å². The standard InChI is InChI=1S/C25H28FN5O2S/c26-20-5-3-16(4-6-20)14-30(25-11-17-8-18(12-25)10-19(9-17)13-25)22(32)15-34-24-29-28-23(31(24)27)21-2-1-7-33-21/h1-7,17-19H,8-15,27H2. The minimum absolute atomic E-state index is 0.0684. The molecule has 3 aromatic rings. The van der Waals surface area contributed by atoms with Crippen molar-refractivity contribution in [1.29, 1.82) is 0 Å². The Hall–Kier alpha value is -2.81. The normalized spacial score (nSPS) is 27.3. The molecule has 4 fully saturated rings. The number of nitrogens with two attached hydrogens (primary N) is 1. The molecule has 4 aliphatic carbocycles. The summed E-state index contributed by atoms with van der Waals surface area (Å²) in [4.78, 5) is 15.9. The van der Waals surface area contributed by atoms with Gasteiger partial charge < -0.3 is 15.2 Å². The van der Waals surface area contributed by atoms with Crippen molar-refractivity contribution in [3.05, 3.63) is 54.0 Å². The zero-order valence-electron chi connectivity index (χ0n) is 18.9. The number of hydrogen-bond acceptors (Lipinski definition) is 6. The van der Waals surface area contributed by atoms with Gasteiger partial charge in [0.2, 0.25) is 16.9 Å². The summed E-state index contributed by atoms with van der Waals surface area (Å²) in [5, 5.41) is 8.76. The van der Waals surface area contributed by atoms with E-state index in [1.165, 1.54) is 47.8 Å². The van der Waals surface area contributed by atoms with Gasteiger partial charge in [0.15, 0.2) is 5.76 Å². The quantitative estimate of drug-likeness (QED) is 0.395. The molecular formula is C25H28FN5O2S. The molecule has 1 aromatic carbocycles. The van der Waals surface area contributed by atoms with E-state index in [-0.39, 0.29) is 23.0 Å². The maximum absolute atomic E-state index is 13.8. The van der Waals surface area contributed by atoms with Crippen molar-refractivity contribution in [2.24, 2.45) is 17.8 Å². The van der Waals surface area contributed by atoms with E-state index >= 15 is 0 Å². The molecular weight excluding hydrogens is 453 g/mol. The maximum Gasteiger partial charge on any atom is 0.233 e. The summed E-state index contributed by atoms with van der Waals surface area (Å²) in [5.74, 6) is 9.30. The number of nitrogen functional groups attached to an aromatic ring is 1. The van der Waals surface area contributed by atoms with E-state index in [1.54, 1.807) is 30.5 Å². The molecule has 34 heavy (non-hydrogen) atoms. The van der Waals surface area contributed by atoms with Gasteiger partial charge in [-0.3, -0.25) is 4.79 Å². The number of benzene rings is 1. The molecule has 0 unspecified atom stereocenters. The lowest BCUT2D eigenvalue weighted by Gasteiger charge is -2.60. The third-order valence-corrected chi connectivity index (χ3v) is 8.79. The van der Waals surface area contributed by atoms with Crippen molar-refractivity contribution in [1.82, 2.24) is 19.8 Å². The molecule has 7 nitrogen and oxygen atoms in total. The minimum atomic E-state index is -0.262. The number of aromatic nitrogens is 3. The number of hydrogen-bond donors (Lipinski definition) is 1. The second kappa shape index (κ2) is 8.45. The number of carbonyl (C=O) groups excluding carboxylic acids is 1. The van der Waals surface area contributed by atoms with E-state index in [1.807, 2.05) is 0 Å². The third kappa shape index (κ3) is 3.89. The molecule has 2 heterocycles. The van der Waals surface area contributed by atoms with Crippen molar-refractivity contribution in [3.8, 4) is 11.6 Å². The molecule has 7 rings (SSSR count). The van der Waals surface area contributed by atoms with Gasteiger partial charge in [0.05, 0.1) is 12.0 Å². The number of thioether (sulfide) groups is 1. The number of carbonyl (C=O) groups is 1. The SMILES string of the molecule is Nn1c(SCC(=O)N(Cc2ccc(F)cc2)C23CC4CC(CC(C4)C2)C3)nnc1-c1ccco1. The van der Waals surface area contributed by atoms with E-state index in [9.17, 15) is 9.18 Å². The fourth-order valence-corrected chi connectivity index (χ4v) is 7.57. The summed E-state index contributed by atoms with van der Waals surface area (Å²) in [6.07, 6.45) is 8.69. The van der Waals surface area contributed by atoms with Crippen LogP contribution in [0.2, 0.25) is 0 Å². The van der Waals surface area contributed by atoms with Gasteiger partial charge >= 0.3 is 0 Å². The number of furan rings is 1. The minimum Gasteiger partial charge on any atom is -0.461 e. The summed E-state index contributed by atoms with van der Waals surface area (Å²) >= 11 is 1.29. The van der Waals surface area contributed by atoms with Gasteiger partial charge in [-0.2, -0.15) is 0 Å². The van der Waals surface area contributed by atoms with Crippen LogP contribution < -0.4 is 5.84 Å². The summed E-state index contributed by atoms with van der Waals surface area (Å²) in [7, 11) is 0. The Morgan fingerprint density at radius 1 is 1.12 bits per heavy atom. The van der Waals surface area contributed by atoms with E-state index < -0.39 is 0 Å². The fourth-order valence-electron chi connectivity index (χ4n) is 6.84. The number of amides is 1. The average Bonchev–Trinajstić information content (AvgIpc) is 3.46. The van der Waals surface area contributed by atoms with Gasteiger partial charge in [-0.15, -0.1) is 10.2 Å². The molecule has 2 aromatic heterocycles. The summed E-state index contributed by atoms with van der Waals surface area (Å²) in [5.41, 5.74) is 0.855. The molecule has 0 atom stereocenters. The highest BCUT2D eigenvalue weighted by atomic mass is 32.2. The van der Waals surface area contributed by atoms with E-state index in [0.29, 0.717) is 41.0 Å². The van der Waals surface area contributed by atoms with E-state index in [0.717, 1.165) is 24.8 Å². The van der Waals surface area contributed by atoms with Gasteiger partial charge in [0.25, 0.3) is 0 Å². The molecule has 4 saturated carbocycles. The second-order valence-electron chi connectivity index (χ2n) is 10.2. The topological polar surface area (TPSA) is 90.2 Å². The van der Waals surface area contributed by atoms with E-state index in [2.05, 4.69) is 15.1 Å². The summed E-state index contributed by atoms with van der Waals surface area (Å²) in [6, 6.07) is 10.0. The van der Waals surface area contributed by atoms with Crippen LogP contribution in [0.5, 0.6) is 0 Å². The van der Waals surface area contributed by atoms with Crippen LogP contribution >= 0.6 is 11.8 Å². The van der Waals surface area contributed by atoms with Crippen molar-refractivity contribution in [2.45, 2.75) is 55.8 Å². The Balaban J connectivity index is 1.24. The van der Waals surface area contributed by atoms with Gasteiger partial charge in [-0.25, -0.2) is 9.07 Å². The number of halogens is 1. The molecule has 0 aliphatic heterocycles. The van der Waals surface area contributed by atoms with Crippen LogP contribution in [-0.2, 0) is 11.3 Å². The van der Waals surface area contributed by atoms with Crippen LogP contribution in [0, 0.1) is 23.6 Å². The van der Waals surface area contributed by atoms with Gasteiger partial charge in [-0.05, 0) is 86.1 Å². The first-order valence-corrected chi connectivity index (χ1v) is 12.9. The van der Waals surface area contributed by atoms with Crippen LogP contribution in [-0.4, -0.2) is 37.0 Å². The molecule has 2 N–H and O–H groups in total. The molecule has 1 amide bonds. The highest BCUT2D eigenvalue weighted by molar-refractivity contribution is 7.99. The van der Waals surface area contributed by atoms with Gasteiger partial charge in [-0.1, -0.05) is 23.9 Å². The summed E-state index contributed by atoms with van der Waals surface area (Å²) in [6.45, 7) is 0.499. The van der Waals surface area contributed by atoms with Crippen LogP contribution in [0.15, 0.2) is 52.2 Å². The molecule has 0 radical (unpaired) electrons. The lowest BCUT2D eigenvalue weighted by molar-refractivity contribution is -0.149. The zero-order valence-corrected chi connectivity index (χ0v) is 19.7. The molecule has 0 saturated heterocycles. The molecule has 0 spiro atoms. The Morgan fingerprint density at radius 3 is 2.41 bits per heavy atom. The Labute approximate surface area is 201 Å². The smallest absolute Gasteiger partial charge is 0.233 e. The lowest BCUT2D eigenvalue weighted by atomic mass is 9.52. The largest absolute Gasteiger partial charge is 0.461 e. The van der Waals surface area contributed by atoms with Gasteiger partial charge in [0.1, 0.15) is 5.82 Å². The molecule has 178 valence electrons. The first-order chi connectivity index (χ1) is 16.5. The summed E-state index contributed by atoms with van der Waals surface area (Å²) < 4.78 is 20.3. The van der Waals surface area contributed by atoms with Crippen LogP contribution in [0.25, 0.3) is 11.6 Å². The predicted molar refractivity (Wildman–Crippen MR) is 126 cm³/mol. The predicted octanol–water partition coefficient (Wildman–Crippen LogP) is 4.48. The third-order valence-electron chi connectivity index (χ3n) is 7.86. The van der Waals surface area contributed by atoms with Crippen LogP contribution in [0.4, 0.5) is 4.39 Å². The Kier molecular flexibility index (Phi) is 5.39. The molecule has 4 aliphatic rings. The maximum atomic E-state index is 13.8. The first-order valence-electron chi connectivity index (χ1n) is 11.9. The second-order valence-corrected chi connectivity index (χ2v) is 11.1. The number of rotatable bonds is 7.